The number of para-hydroxylation sites is 2. The summed E-state index contributed by atoms with van der Waals surface area (Å²) in [5, 5.41) is 2.83. The Hall–Kier alpha value is -3.84. The van der Waals surface area contributed by atoms with Gasteiger partial charge < -0.3 is 9.30 Å². The zero-order valence-corrected chi connectivity index (χ0v) is 17.3. The molecular formula is C23H18ClN3O4. The Morgan fingerprint density at radius 1 is 1.00 bits per heavy atom. The predicted octanol–water partition coefficient (Wildman–Crippen LogP) is 4.20. The predicted molar refractivity (Wildman–Crippen MR) is 117 cm³/mol. The molecule has 2 heterocycles. The Kier molecular flexibility index (Phi) is 5.60. The highest BCUT2D eigenvalue weighted by Crippen LogP contribution is 2.31. The average molecular weight is 436 g/mol. The molecule has 31 heavy (non-hydrogen) atoms. The van der Waals surface area contributed by atoms with Crippen LogP contribution < -0.4 is 15.0 Å². The van der Waals surface area contributed by atoms with E-state index in [1.165, 1.54) is 6.08 Å². The first-order valence-corrected chi connectivity index (χ1v) is 9.94. The van der Waals surface area contributed by atoms with Gasteiger partial charge in [-0.1, -0.05) is 23.7 Å². The number of imide groups is 2. The van der Waals surface area contributed by atoms with E-state index < -0.39 is 17.8 Å². The lowest BCUT2D eigenvalue weighted by atomic mass is 10.1. The maximum atomic E-state index is 13.2. The quantitative estimate of drug-likeness (QED) is 0.481. The second-order valence-corrected chi connectivity index (χ2v) is 7.07. The number of carbonyl (C=O) groups excluding carboxylic acids is 3. The molecule has 8 heteroatoms. The minimum absolute atomic E-state index is 0.167. The van der Waals surface area contributed by atoms with E-state index >= 15 is 0 Å². The van der Waals surface area contributed by atoms with Gasteiger partial charge >= 0.3 is 6.03 Å². The molecule has 4 rings (SSSR count). The summed E-state index contributed by atoms with van der Waals surface area (Å²) in [6, 6.07) is 16.5. The first-order chi connectivity index (χ1) is 15.0. The molecule has 7 nitrogen and oxygen atoms in total. The molecule has 0 unspecified atom stereocenters. The second-order valence-electron chi connectivity index (χ2n) is 6.64. The molecule has 4 amide bonds. The van der Waals surface area contributed by atoms with Gasteiger partial charge in [-0.15, -0.1) is 0 Å². The molecule has 3 aromatic rings. The number of nitrogens with zero attached hydrogens (tertiary/aromatic N) is 2. The number of halogens is 1. The van der Waals surface area contributed by atoms with Crippen molar-refractivity contribution in [1.29, 1.82) is 0 Å². The highest BCUT2D eigenvalue weighted by molar-refractivity contribution is 6.39. The number of hydrogen-bond acceptors (Lipinski definition) is 4. The third-order valence-electron chi connectivity index (χ3n) is 4.68. The number of benzene rings is 2. The minimum Gasteiger partial charge on any atom is -0.492 e. The van der Waals surface area contributed by atoms with Crippen LogP contribution in [0.5, 0.6) is 5.75 Å². The Labute approximate surface area is 183 Å². The van der Waals surface area contributed by atoms with Gasteiger partial charge in [-0.3, -0.25) is 14.9 Å². The molecular weight excluding hydrogens is 418 g/mol. The van der Waals surface area contributed by atoms with E-state index in [1.54, 1.807) is 66.2 Å². The fraction of sp³-hybridized carbons (Fsp3) is 0.0870. The Morgan fingerprint density at radius 2 is 1.74 bits per heavy atom. The maximum Gasteiger partial charge on any atom is 0.336 e. The highest BCUT2D eigenvalue weighted by atomic mass is 35.5. The fourth-order valence-electron chi connectivity index (χ4n) is 3.29. The van der Waals surface area contributed by atoms with E-state index in [9.17, 15) is 14.4 Å². The Morgan fingerprint density at radius 3 is 2.48 bits per heavy atom. The zero-order chi connectivity index (χ0) is 22.0. The topological polar surface area (TPSA) is 80.6 Å². The van der Waals surface area contributed by atoms with Crippen LogP contribution in [0.3, 0.4) is 0 Å². The number of amides is 4. The lowest BCUT2D eigenvalue weighted by Crippen LogP contribution is -2.54. The van der Waals surface area contributed by atoms with E-state index in [0.29, 0.717) is 23.1 Å². The first kappa shape index (κ1) is 20.4. The van der Waals surface area contributed by atoms with Crippen LogP contribution in [0.1, 0.15) is 12.6 Å². The van der Waals surface area contributed by atoms with E-state index in [-0.39, 0.29) is 11.3 Å². The van der Waals surface area contributed by atoms with Crippen LogP contribution in [0.15, 0.2) is 72.4 Å². The van der Waals surface area contributed by atoms with Gasteiger partial charge in [0, 0.05) is 22.6 Å². The standard InChI is InChI=1S/C23H18ClN3O4/c1-2-31-20-8-4-3-7-19(20)27-22(29)18(21(28)25-23(27)30)14-17-6-5-13-26(17)16-11-9-15(24)10-12-16/h3-14H,2H2,1H3,(H,25,28,30)/b18-14+. The van der Waals surface area contributed by atoms with Crippen LogP contribution in [0.2, 0.25) is 5.02 Å². The molecule has 1 aliphatic heterocycles. The van der Waals surface area contributed by atoms with Crippen LogP contribution >= 0.6 is 11.6 Å². The molecule has 0 radical (unpaired) electrons. The van der Waals surface area contributed by atoms with E-state index in [0.717, 1.165) is 10.6 Å². The molecule has 0 spiro atoms. The third kappa shape index (κ3) is 3.95. The smallest absolute Gasteiger partial charge is 0.336 e. The van der Waals surface area contributed by atoms with Crippen molar-refractivity contribution in [3.63, 3.8) is 0 Å². The number of nitrogens with one attached hydrogen (secondary N) is 1. The largest absolute Gasteiger partial charge is 0.492 e. The molecule has 156 valence electrons. The number of carbonyl (C=O) groups is 3. The Bertz CT molecular complexity index is 1200. The molecule has 1 aromatic heterocycles. The molecule has 0 atom stereocenters. The van der Waals surface area contributed by atoms with E-state index in [4.69, 9.17) is 16.3 Å². The lowest BCUT2D eigenvalue weighted by molar-refractivity contribution is -0.122. The molecule has 1 N–H and O–H groups in total. The van der Waals surface area contributed by atoms with Crippen LogP contribution in [0.4, 0.5) is 10.5 Å². The van der Waals surface area contributed by atoms with Crippen molar-refractivity contribution in [3.8, 4) is 11.4 Å². The van der Waals surface area contributed by atoms with Crippen molar-refractivity contribution in [1.82, 2.24) is 9.88 Å². The van der Waals surface area contributed by atoms with Crippen molar-refractivity contribution < 1.29 is 19.1 Å². The van der Waals surface area contributed by atoms with Gasteiger partial charge in [0.15, 0.2) is 0 Å². The van der Waals surface area contributed by atoms with Gasteiger partial charge in [0.1, 0.15) is 11.3 Å². The summed E-state index contributed by atoms with van der Waals surface area (Å²) in [7, 11) is 0. The second kappa shape index (κ2) is 8.49. The number of rotatable bonds is 5. The van der Waals surface area contributed by atoms with E-state index in [1.807, 2.05) is 12.1 Å². The summed E-state index contributed by atoms with van der Waals surface area (Å²) in [5.74, 6) is -1.12. The van der Waals surface area contributed by atoms with Gasteiger partial charge in [-0.25, -0.2) is 9.69 Å². The fourth-order valence-corrected chi connectivity index (χ4v) is 3.42. The summed E-state index contributed by atoms with van der Waals surface area (Å²) in [6.45, 7) is 2.16. The Balaban J connectivity index is 1.75. The minimum atomic E-state index is -0.826. The highest BCUT2D eigenvalue weighted by Gasteiger charge is 2.38. The average Bonchev–Trinajstić information content (AvgIpc) is 3.21. The molecule has 0 bridgehead atoms. The van der Waals surface area contributed by atoms with Gasteiger partial charge in [-0.05, 0) is 61.5 Å². The van der Waals surface area contributed by atoms with Crippen LogP contribution in [-0.4, -0.2) is 29.0 Å². The zero-order valence-electron chi connectivity index (χ0n) is 16.5. The van der Waals surface area contributed by atoms with Crippen LogP contribution in [0, 0.1) is 0 Å². The van der Waals surface area contributed by atoms with Crippen LogP contribution in [-0.2, 0) is 9.59 Å². The third-order valence-corrected chi connectivity index (χ3v) is 4.94. The van der Waals surface area contributed by atoms with Crippen molar-refractivity contribution in [2.75, 3.05) is 11.5 Å². The summed E-state index contributed by atoms with van der Waals surface area (Å²) in [4.78, 5) is 39.2. The summed E-state index contributed by atoms with van der Waals surface area (Å²) in [6.07, 6.45) is 3.25. The number of barbiturate groups is 1. The van der Waals surface area contributed by atoms with Crippen molar-refractivity contribution in [2.24, 2.45) is 0 Å². The molecule has 1 aliphatic rings. The van der Waals surface area contributed by atoms with Crippen molar-refractivity contribution in [3.05, 3.63) is 83.2 Å². The summed E-state index contributed by atoms with van der Waals surface area (Å²) >= 11 is 5.96. The molecule has 0 saturated carbocycles. The number of aromatic nitrogens is 1. The SMILES string of the molecule is CCOc1ccccc1N1C(=O)NC(=O)/C(=C\c2cccn2-c2ccc(Cl)cc2)C1=O. The molecule has 0 aliphatic carbocycles. The number of urea groups is 1. The molecule has 2 aromatic carbocycles. The van der Waals surface area contributed by atoms with Gasteiger partial charge in [0.2, 0.25) is 0 Å². The van der Waals surface area contributed by atoms with Gasteiger partial charge in [0.25, 0.3) is 11.8 Å². The van der Waals surface area contributed by atoms with Gasteiger partial charge in [0.05, 0.1) is 12.3 Å². The summed E-state index contributed by atoms with van der Waals surface area (Å²) in [5.41, 5.74) is 1.49. The van der Waals surface area contributed by atoms with Crippen molar-refractivity contribution >= 4 is 41.2 Å². The van der Waals surface area contributed by atoms with Crippen molar-refractivity contribution in [2.45, 2.75) is 6.92 Å². The number of ether oxygens (including phenoxy) is 1. The maximum absolute atomic E-state index is 13.2. The first-order valence-electron chi connectivity index (χ1n) is 9.56. The number of anilines is 1. The lowest BCUT2D eigenvalue weighted by Gasteiger charge is -2.27. The normalized spacial score (nSPS) is 15.4. The summed E-state index contributed by atoms with van der Waals surface area (Å²) < 4.78 is 7.35. The number of hydrogen-bond donors (Lipinski definition) is 1. The van der Waals surface area contributed by atoms with Gasteiger partial charge in [-0.2, -0.15) is 0 Å². The molecule has 1 fully saturated rings. The monoisotopic (exact) mass is 435 g/mol. The van der Waals surface area contributed by atoms with E-state index in [2.05, 4.69) is 5.32 Å². The van der Waals surface area contributed by atoms with Crippen LogP contribution in [0.25, 0.3) is 11.8 Å². The molecule has 1 saturated heterocycles.